The van der Waals surface area contributed by atoms with Gasteiger partial charge in [0.25, 0.3) is 0 Å². The summed E-state index contributed by atoms with van der Waals surface area (Å²) in [6.07, 6.45) is 4.93. The van der Waals surface area contributed by atoms with Crippen molar-refractivity contribution in [1.82, 2.24) is 0 Å². The fourth-order valence-electron chi connectivity index (χ4n) is 2.83. The van der Waals surface area contributed by atoms with Gasteiger partial charge in [0.2, 0.25) is 0 Å². The van der Waals surface area contributed by atoms with Crippen LogP contribution in [0.5, 0.6) is 0 Å². The molecule has 82 valence electrons. The Morgan fingerprint density at radius 1 is 1.12 bits per heavy atom. The topological polar surface area (TPSA) is 26.3 Å². The van der Waals surface area contributed by atoms with Crippen molar-refractivity contribution in [2.45, 2.75) is 19.3 Å². The third kappa shape index (κ3) is 1.22. The second kappa shape index (κ2) is 3.48. The highest BCUT2D eigenvalue weighted by atomic mass is 16.5. The van der Waals surface area contributed by atoms with Crippen LogP contribution in [0.4, 0.5) is 0 Å². The van der Waals surface area contributed by atoms with E-state index in [1.807, 2.05) is 18.2 Å². The molecule has 1 aromatic carbocycles. The summed E-state index contributed by atoms with van der Waals surface area (Å²) in [6, 6.07) is 10.2. The highest BCUT2D eigenvalue weighted by Gasteiger charge is 2.49. The molecule has 1 unspecified atom stereocenters. The second-order valence-corrected chi connectivity index (χ2v) is 4.49. The molecule has 2 nitrogen and oxygen atoms in total. The van der Waals surface area contributed by atoms with Crippen molar-refractivity contribution in [2.75, 3.05) is 6.61 Å². The van der Waals surface area contributed by atoms with E-state index in [1.165, 1.54) is 11.1 Å². The zero-order chi connectivity index (χ0) is 11.0. The van der Waals surface area contributed by atoms with Gasteiger partial charge in [0.05, 0.1) is 12.0 Å². The lowest BCUT2D eigenvalue weighted by atomic mass is 9.77. The fourth-order valence-corrected chi connectivity index (χ4v) is 2.83. The van der Waals surface area contributed by atoms with Crippen LogP contribution in [0.25, 0.3) is 5.57 Å². The number of esters is 1. The molecule has 0 amide bonds. The summed E-state index contributed by atoms with van der Waals surface area (Å²) in [7, 11) is 0. The SMILES string of the molecule is O=C1OCCC12CCC=C2c1ccccc1. The molecular formula is C14H14O2. The van der Waals surface area contributed by atoms with E-state index < -0.39 is 0 Å². The summed E-state index contributed by atoms with van der Waals surface area (Å²) in [4.78, 5) is 11.9. The lowest BCUT2D eigenvalue weighted by molar-refractivity contribution is -0.143. The second-order valence-electron chi connectivity index (χ2n) is 4.49. The van der Waals surface area contributed by atoms with Crippen LogP contribution in [-0.4, -0.2) is 12.6 Å². The average molecular weight is 214 g/mol. The monoisotopic (exact) mass is 214 g/mol. The molecule has 1 atom stereocenters. The van der Waals surface area contributed by atoms with Gasteiger partial charge in [-0.3, -0.25) is 4.79 Å². The maximum absolute atomic E-state index is 11.9. The van der Waals surface area contributed by atoms with Crippen LogP contribution in [0.3, 0.4) is 0 Å². The summed E-state index contributed by atoms with van der Waals surface area (Å²) in [5, 5.41) is 0. The summed E-state index contributed by atoms with van der Waals surface area (Å²) in [5.74, 6) is -0.0277. The standard InChI is InChI=1S/C14H14O2/c15-13-14(9-10-16-13)8-4-7-12(14)11-5-2-1-3-6-11/h1-3,5-7H,4,8-10H2. The van der Waals surface area contributed by atoms with Gasteiger partial charge < -0.3 is 4.74 Å². The Morgan fingerprint density at radius 3 is 2.62 bits per heavy atom. The number of hydrogen-bond acceptors (Lipinski definition) is 2. The minimum Gasteiger partial charge on any atom is -0.465 e. The Kier molecular flexibility index (Phi) is 2.10. The van der Waals surface area contributed by atoms with Crippen molar-refractivity contribution in [1.29, 1.82) is 0 Å². The molecule has 1 heterocycles. The maximum Gasteiger partial charge on any atom is 0.316 e. The van der Waals surface area contributed by atoms with Gasteiger partial charge in [0.15, 0.2) is 0 Å². The molecule has 0 bridgehead atoms. The number of ether oxygens (including phenoxy) is 1. The van der Waals surface area contributed by atoms with Gasteiger partial charge >= 0.3 is 5.97 Å². The van der Waals surface area contributed by atoms with Gasteiger partial charge in [-0.2, -0.15) is 0 Å². The predicted molar refractivity (Wildman–Crippen MR) is 61.7 cm³/mol. The minimum atomic E-state index is -0.332. The van der Waals surface area contributed by atoms with Crippen LogP contribution < -0.4 is 0 Å². The number of rotatable bonds is 1. The Labute approximate surface area is 94.9 Å². The Bertz CT molecular complexity index is 447. The normalized spacial score (nSPS) is 28.2. The Balaban J connectivity index is 2.05. The van der Waals surface area contributed by atoms with Gasteiger partial charge in [-0.1, -0.05) is 36.4 Å². The molecule has 0 radical (unpaired) electrons. The summed E-state index contributed by atoms with van der Waals surface area (Å²) in [6.45, 7) is 0.572. The largest absolute Gasteiger partial charge is 0.465 e. The average Bonchev–Trinajstić information content (AvgIpc) is 2.90. The number of cyclic esters (lactones) is 1. The van der Waals surface area contributed by atoms with Crippen molar-refractivity contribution in [3.05, 3.63) is 42.0 Å². The first-order valence-corrected chi connectivity index (χ1v) is 5.76. The highest BCUT2D eigenvalue weighted by Crippen LogP contribution is 2.50. The van der Waals surface area contributed by atoms with Crippen molar-refractivity contribution >= 4 is 11.5 Å². The van der Waals surface area contributed by atoms with Crippen molar-refractivity contribution in [3.63, 3.8) is 0 Å². The number of allylic oxidation sites excluding steroid dienone is 1. The summed E-state index contributed by atoms with van der Waals surface area (Å²) >= 11 is 0. The number of benzene rings is 1. The van der Waals surface area contributed by atoms with Crippen LogP contribution in [0, 0.1) is 5.41 Å². The van der Waals surface area contributed by atoms with Crippen LogP contribution >= 0.6 is 0 Å². The van der Waals surface area contributed by atoms with E-state index in [2.05, 4.69) is 18.2 Å². The summed E-state index contributed by atoms with van der Waals surface area (Å²) in [5.41, 5.74) is 2.01. The number of carbonyl (C=O) groups is 1. The van der Waals surface area contributed by atoms with E-state index in [9.17, 15) is 4.79 Å². The zero-order valence-corrected chi connectivity index (χ0v) is 9.11. The van der Waals surface area contributed by atoms with Gasteiger partial charge in [0.1, 0.15) is 0 Å². The van der Waals surface area contributed by atoms with E-state index in [-0.39, 0.29) is 11.4 Å². The third-order valence-electron chi connectivity index (χ3n) is 3.67. The van der Waals surface area contributed by atoms with Gasteiger partial charge in [0, 0.05) is 6.42 Å². The lowest BCUT2D eigenvalue weighted by Crippen LogP contribution is -2.25. The fraction of sp³-hybridized carbons (Fsp3) is 0.357. The van der Waals surface area contributed by atoms with Crippen LogP contribution in [0.2, 0.25) is 0 Å². The summed E-state index contributed by atoms with van der Waals surface area (Å²) < 4.78 is 5.16. The molecule has 0 N–H and O–H groups in total. The van der Waals surface area contributed by atoms with E-state index in [1.54, 1.807) is 0 Å². The third-order valence-corrected chi connectivity index (χ3v) is 3.67. The van der Waals surface area contributed by atoms with Crippen LogP contribution in [0.15, 0.2) is 36.4 Å². The molecule has 1 saturated heterocycles. The van der Waals surface area contributed by atoms with Gasteiger partial charge in [-0.25, -0.2) is 0 Å². The maximum atomic E-state index is 11.9. The van der Waals surface area contributed by atoms with E-state index >= 15 is 0 Å². The molecule has 2 heteroatoms. The first-order chi connectivity index (χ1) is 7.83. The Hall–Kier alpha value is -1.57. The molecule has 1 aliphatic carbocycles. The predicted octanol–water partition coefficient (Wildman–Crippen LogP) is 2.80. The molecule has 16 heavy (non-hydrogen) atoms. The first kappa shape index (κ1) is 9.64. The molecule has 1 aromatic rings. The highest BCUT2D eigenvalue weighted by molar-refractivity contribution is 5.95. The van der Waals surface area contributed by atoms with Crippen molar-refractivity contribution < 1.29 is 9.53 Å². The molecule has 0 saturated carbocycles. The van der Waals surface area contributed by atoms with E-state index in [0.717, 1.165) is 19.3 Å². The molecule has 0 aromatic heterocycles. The molecule has 3 rings (SSSR count). The van der Waals surface area contributed by atoms with Crippen LogP contribution in [0.1, 0.15) is 24.8 Å². The molecule has 1 aliphatic heterocycles. The van der Waals surface area contributed by atoms with Crippen molar-refractivity contribution in [2.24, 2.45) is 5.41 Å². The first-order valence-electron chi connectivity index (χ1n) is 5.76. The van der Waals surface area contributed by atoms with Gasteiger partial charge in [-0.05, 0) is 24.0 Å². The molecule has 2 aliphatic rings. The quantitative estimate of drug-likeness (QED) is 0.672. The minimum absolute atomic E-state index is 0.0277. The molecular weight excluding hydrogens is 200 g/mol. The van der Waals surface area contributed by atoms with Crippen molar-refractivity contribution in [3.8, 4) is 0 Å². The Morgan fingerprint density at radius 2 is 1.94 bits per heavy atom. The number of carbonyl (C=O) groups excluding carboxylic acids is 1. The molecule has 1 spiro atoms. The molecule has 1 fully saturated rings. The van der Waals surface area contributed by atoms with Gasteiger partial charge in [-0.15, -0.1) is 0 Å². The zero-order valence-electron chi connectivity index (χ0n) is 9.11. The van der Waals surface area contributed by atoms with Crippen LogP contribution in [-0.2, 0) is 9.53 Å². The van der Waals surface area contributed by atoms with E-state index in [4.69, 9.17) is 4.74 Å². The lowest BCUT2D eigenvalue weighted by Gasteiger charge is -2.22. The number of hydrogen-bond donors (Lipinski definition) is 0. The smallest absolute Gasteiger partial charge is 0.316 e. The van der Waals surface area contributed by atoms with E-state index in [0.29, 0.717) is 6.61 Å².